The molecule has 0 radical (unpaired) electrons. The summed E-state index contributed by atoms with van der Waals surface area (Å²) in [6, 6.07) is -1.09. The van der Waals surface area contributed by atoms with Crippen LogP contribution in [0.1, 0.15) is 20.8 Å². The number of rotatable bonds is 8. The van der Waals surface area contributed by atoms with Crippen molar-refractivity contribution >= 4 is 23.6 Å². The maximum Gasteiger partial charge on any atom is 0.319 e. The minimum Gasteiger partial charge on any atom is -0.463 e. The smallest absolute Gasteiger partial charge is 0.319 e. The molecule has 0 heterocycles. The SMILES string of the molecule is CC.CC(=O)CN(C)C(=O)CNC(=O)[C@H](N)COC(=O)CN. The number of nitrogens with two attached hydrogens (primary N) is 2. The summed E-state index contributed by atoms with van der Waals surface area (Å²) in [5, 5.41) is 2.29. The second-order valence-electron chi connectivity index (χ2n) is 4.16. The first-order chi connectivity index (χ1) is 10.3. The van der Waals surface area contributed by atoms with E-state index in [9.17, 15) is 19.2 Å². The molecule has 22 heavy (non-hydrogen) atoms. The Kier molecular flexibility index (Phi) is 12.9. The molecule has 0 fully saturated rings. The van der Waals surface area contributed by atoms with E-state index in [1.54, 1.807) is 0 Å². The molecule has 9 heteroatoms. The lowest BCUT2D eigenvalue weighted by Crippen LogP contribution is -2.48. The standard InChI is InChI=1S/C11H20N4O5.C2H6/c1-7(16)5-15(2)9(17)4-14-11(19)8(13)6-20-10(18)3-12;1-2/h8H,3-6,12-13H2,1-2H3,(H,14,19);1-2H3/t8-;/m1./s1. The average Bonchev–Trinajstić information content (AvgIpc) is 2.50. The Bertz CT molecular complexity index is 387. The highest BCUT2D eigenvalue weighted by molar-refractivity contribution is 5.89. The van der Waals surface area contributed by atoms with E-state index in [0.29, 0.717) is 0 Å². The molecular formula is C13H26N4O5. The number of likely N-dealkylation sites (N-methyl/N-ethyl adjacent to an activating group) is 1. The Balaban J connectivity index is 0. The third-order valence-corrected chi connectivity index (χ3v) is 2.23. The fourth-order valence-electron chi connectivity index (χ4n) is 1.17. The first-order valence-electron chi connectivity index (χ1n) is 6.90. The van der Waals surface area contributed by atoms with Crippen molar-refractivity contribution < 1.29 is 23.9 Å². The third kappa shape index (κ3) is 10.7. The number of nitrogens with one attached hydrogen (secondary N) is 1. The van der Waals surface area contributed by atoms with Crippen molar-refractivity contribution in [2.45, 2.75) is 26.8 Å². The quantitative estimate of drug-likeness (QED) is 0.439. The highest BCUT2D eigenvalue weighted by atomic mass is 16.5. The molecule has 0 unspecified atom stereocenters. The van der Waals surface area contributed by atoms with Crippen LogP contribution in [0, 0.1) is 0 Å². The van der Waals surface area contributed by atoms with Crippen LogP contribution < -0.4 is 16.8 Å². The number of carbonyl (C=O) groups excluding carboxylic acids is 4. The van der Waals surface area contributed by atoms with Crippen LogP contribution in [0.25, 0.3) is 0 Å². The lowest BCUT2D eigenvalue weighted by molar-refractivity contribution is -0.143. The molecule has 0 saturated carbocycles. The van der Waals surface area contributed by atoms with Crippen molar-refractivity contribution in [2.24, 2.45) is 11.5 Å². The minimum atomic E-state index is -1.09. The zero-order valence-corrected chi connectivity index (χ0v) is 13.5. The van der Waals surface area contributed by atoms with Crippen LogP contribution in [-0.4, -0.2) is 67.8 Å². The summed E-state index contributed by atoms with van der Waals surface area (Å²) in [6.07, 6.45) is 0. The van der Waals surface area contributed by atoms with E-state index in [2.05, 4.69) is 10.1 Å². The molecule has 0 bridgehead atoms. The van der Waals surface area contributed by atoms with Gasteiger partial charge in [0.05, 0.1) is 19.6 Å². The summed E-state index contributed by atoms with van der Waals surface area (Å²) < 4.78 is 4.59. The number of hydrogen-bond acceptors (Lipinski definition) is 7. The largest absolute Gasteiger partial charge is 0.463 e. The van der Waals surface area contributed by atoms with E-state index in [1.807, 2.05) is 13.8 Å². The van der Waals surface area contributed by atoms with Crippen molar-refractivity contribution in [3.63, 3.8) is 0 Å². The highest BCUT2D eigenvalue weighted by Gasteiger charge is 2.17. The number of Topliss-reactive ketones (excluding diaryl/α,β-unsaturated/α-hetero) is 1. The van der Waals surface area contributed by atoms with Crippen molar-refractivity contribution in [1.82, 2.24) is 10.2 Å². The predicted octanol–water partition coefficient (Wildman–Crippen LogP) is -1.99. The zero-order chi connectivity index (χ0) is 17.7. The summed E-state index contributed by atoms with van der Waals surface area (Å²) in [7, 11) is 1.44. The maximum absolute atomic E-state index is 11.5. The summed E-state index contributed by atoms with van der Waals surface area (Å²) in [6.45, 7) is 4.40. The average molecular weight is 318 g/mol. The van der Waals surface area contributed by atoms with Gasteiger partial charge in [0.1, 0.15) is 18.4 Å². The van der Waals surface area contributed by atoms with Crippen LogP contribution in [0.4, 0.5) is 0 Å². The summed E-state index contributed by atoms with van der Waals surface area (Å²) >= 11 is 0. The molecule has 9 nitrogen and oxygen atoms in total. The van der Waals surface area contributed by atoms with Crippen molar-refractivity contribution in [3.8, 4) is 0 Å². The number of carbonyl (C=O) groups is 4. The van der Waals surface area contributed by atoms with Gasteiger partial charge in [0.2, 0.25) is 11.8 Å². The molecule has 0 aromatic rings. The molecule has 0 spiro atoms. The first kappa shape index (κ1) is 22.3. The van der Waals surface area contributed by atoms with E-state index < -0.39 is 23.8 Å². The number of esters is 1. The fourth-order valence-corrected chi connectivity index (χ4v) is 1.17. The summed E-state index contributed by atoms with van der Waals surface area (Å²) in [4.78, 5) is 45.8. The number of hydrogen-bond donors (Lipinski definition) is 3. The molecule has 0 aliphatic rings. The van der Waals surface area contributed by atoms with Crippen LogP contribution in [0.5, 0.6) is 0 Å². The number of nitrogens with zero attached hydrogens (tertiary/aromatic N) is 1. The lowest BCUT2D eigenvalue weighted by atomic mass is 10.3. The normalized spacial score (nSPS) is 10.6. The van der Waals surface area contributed by atoms with Crippen molar-refractivity contribution in [3.05, 3.63) is 0 Å². The Labute approximate surface area is 130 Å². The topological polar surface area (TPSA) is 145 Å². The fraction of sp³-hybridized carbons (Fsp3) is 0.692. The van der Waals surface area contributed by atoms with Gasteiger partial charge in [-0.2, -0.15) is 0 Å². The highest BCUT2D eigenvalue weighted by Crippen LogP contribution is 1.87. The van der Waals surface area contributed by atoms with E-state index in [-0.39, 0.29) is 32.0 Å². The molecule has 0 aliphatic heterocycles. The molecule has 1 atom stereocenters. The first-order valence-corrected chi connectivity index (χ1v) is 6.90. The molecule has 5 N–H and O–H groups in total. The molecule has 128 valence electrons. The van der Waals surface area contributed by atoms with Crippen LogP contribution in [-0.2, 0) is 23.9 Å². The van der Waals surface area contributed by atoms with E-state index >= 15 is 0 Å². The molecule has 2 amide bonds. The molecule has 0 saturated heterocycles. The van der Waals surface area contributed by atoms with Crippen LogP contribution in [0.3, 0.4) is 0 Å². The van der Waals surface area contributed by atoms with Gasteiger partial charge in [-0.3, -0.25) is 19.2 Å². The van der Waals surface area contributed by atoms with Gasteiger partial charge in [-0.1, -0.05) is 13.8 Å². The minimum absolute atomic E-state index is 0.0329. The van der Waals surface area contributed by atoms with Crippen molar-refractivity contribution in [2.75, 3.05) is 33.3 Å². The molecule has 0 rings (SSSR count). The number of ether oxygens (including phenoxy) is 1. The summed E-state index contributed by atoms with van der Waals surface area (Å²) in [5.41, 5.74) is 10.5. The van der Waals surface area contributed by atoms with E-state index in [0.717, 1.165) is 0 Å². The second kappa shape index (κ2) is 12.7. The number of ketones is 1. The van der Waals surface area contributed by atoms with Gasteiger partial charge in [-0.25, -0.2) is 0 Å². The molecule has 0 aromatic carbocycles. The van der Waals surface area contributed by atoms with Gasteiger partial charge >= 0.3 is 5.97 Å². The summed E-state index contributed by atoms with van der Waals surface area (Å²) in [5.74, 6) is -1.91. The van der Waals surface area contributed by atoms with Gasteiger partial charge in [0, 0.05) is 7.05 Å². The van der Waals surface area contributed by atoms with Gasteiger partial charge in [0.25, 0.3) is 0 Å². The van der Waals surface area contributed by atoms with Crippen LogP contribution in [0.2, 0.25) is 0 Å². The van der Waals surface area contributed by atoms with Crippen molar-refractivity contribution in [1.29, 1.82) is 0 Å². The Morgan fingerprint density at radius 1 is 1.23 bits per heavy atom. The Morgan fingerprint density at radius 3 is 2.23 bits per heavy atom. The van der Waals surface area contributed by atoms with Gasteiger partial charge in [-0.15, -0.1) is 0 Å². The Morgan fingerprint density at radius 2 is 1.77 bits per heavy atom. The van der Waals surface area contributed by atoms with E-state index in [4.69, 9.17) is 11.5 Å². The third-order valence-electron chi connectivity index (χ3n) is 2.23. The monoisotopic (exact) mass is 318 g/mol. The maximum atomic E-state index is 11.5. The predicted molar refractivity (Wildman–Crippen MR) is 80.7 cm³/mol. The van der Waals surface area contributed by atoms with Crippen LogP contribution >= 0.6 is 0 Å². The molecular weight excluding hydrogens is 292 g/mol. The second-order valence-corrected chi connectivity index (χ2v) is 4.16. The lowest BCUT2D eigenvalue weighted by Gasteiger charge is -2.17. The van der Waals surface area contributed by atoms with Gasteiger partial charge in [-0.05, 0) is 6.92 Å². The zero-order valence-electron chi connectivity index (χ0n) is 13.5. The van der Waals surface area contributed by atoms with Gasteiger partial charge in [0.15, 0.2) is 0 Å². The molecule has 0 aromatic heterocycles. The number of amides is 2. The van der Waals surface area contributed by atoms with Gasteiger partial charge < -0.3 is 26.4 Å². The molecule has 0 aliphatic carbocycles. The Hall–Kier alpha value is -2.00. The van der Waals surface area contributed by atoms with Crippen LogP contribution in [0.15, 0.2) is 0 Å². The van der Waals surface area contributed by atoms with E-state index in [1.165, 1.54) is 18.9 Å².